The van der Waals surface area contributed by atoms with Gasteiger partial charge in [-0.25, -0.2) is 9.97 Å². The van der Waals surface area contributed by atoms with Crippen molar-refractivity contribution in [3.05, 3.63) is 16.8 Å². The topological polar surface area (TPSA) is 105 Å². The van der Waals surface area contributed by atoms with Crippen LogP contribution in [0.2, 0.25) is 10.4 Å². The van der Waals surface area contributed by atoms with Gasteiger partial charge in [0.1, 0.15) is 17.7 Å². The van der Waals surface area contributed by atoms with Crippen LogP contribution in [0.3, 0.4) is 0 Å². The van der Waals surface area contributed by atoms with Gasteiger partial charge in [0.05, 0.1) is 30.6 Å². The molecule has 2 aliphatic carbocycles. The third kappa shape index (κ3) is 3.28. The summed E-state index contributed by atoms with van der Waals surface area (Å²) < 4.78 is 32.4. The number of ketones is 1. The minimum atomic E-state index is -3.04. The van der Waals surface area contributed by atoms with Gasteiger partial charge >= 0.3 is 0 Å². The smallest absolute Gasteiger partial charge is 0.225 e. The van der Waals surface area contributed by atoms with Crippen molar-refractivity contribution in [2.75, 3.05) is 19.4 Å². The van der Waals surface area contributed by atoms with E-state index in [0.717, 1.165) is 0 Å². The van der Waals surface area contributed by atoms with Gasteiger partial charge in [-0.15, -0.1) is 0 Å². The molecule has 31 heavy (non-hydrogen) atoms. The van der Waals surface area contributed by atoms with Crippen molar-refractivity contribution in [3.63, 3.8) is 0 Å². The fourth-order valence-corrected chi connectivity index (χ4v) is 7.23. The average Bonchev–Trinajstić information content (AvgIpc) is 2.96. The predicted molar refractivity (Wildman–Crippen MR) is 114 cm³/mol. The fraction of sp³-hybridized carbons (Fsp3) is 0.684. The Hall–Kier alpha value is -1.09. The zero-order valence-corrected chi connectivity index (χ0v) is 19.9. The largest absolute Gasteiger partial charge is 0.343 e. The van der Waals surface area contributed by atoms with Crippen LogP contribution < -0.4 is 0 Å². The molecule has 5 rings (SSSR count). The van der Waals surface area contributed by atoms with Crippen LogP contribution >= 0.6 is 30.6 Å². The summed E-state index contributed by atoms with van der Waals surface area (Å²) in [5.41, 5.74) is 0.135. The molecular weight excluding hydrogens is 466 g/mol. The summed E-state index contributed by atoms with van der Waals surface area (Å²) in [5, 5.41) is 0.175. The number of rotatable bonds is 6. The molecule has 3 fully saturated rings. The second-order valence-corrected chi connectivity index (χ2v) is 12.3. The molecule has 1 aliphatic heterocycles. The molecule has 0 aromatic carbocycles. The first-order valence-corrected chi connectivity index (χ1v) is 13.2. The van der Waals surface area contributed by atoms with Crippen LogP contribution in [0.1, 0.15) is 33.2 Å². The zero-order chi connectivity index (χ0) is 22.3. The number of Topliss-reactive ketones (excluding diaryl/α,β-unsaturated/α-hetero) is 1. The van der Waals surface area contributed by atoms with E-state index in [9.17, 15) is 9.36 Å². The summed E-state index contributed by atoms with van der Waals surface area (Å²) in [6.07, 6.45) is 1.25. The molecule has 0 radical (unpaired) electrons. The lowest BCUT2D eigenvalue weighted by atomic mass is 9.95. The van der Waals surface area contributed by atoms with Crippen LogP contribution in [0.4, 0.5) is 0 Å². The molecule has 1 unspecified atom stereocenters. The Morgan fingerprint density at radius 1 is 1.35 bits per heavy atom. The molecule has 168 valence electrons. The maximum Gasteiger partial charge on any atom is 0.225 e. The lowest BCUT2D eigenvalue weighted by molar-refractivity contribution is -0.163. The Kier molecular flexibility index (Phi) is 4.88. The Labute approximate surface area is 189 Å². The van der Waals surface area contributed by atoms with Crippen LogP contribution in [-0.2, 0) is 23.4 Å². The standard InChI is InChI=1S/C19H23Cl2N4O5P/c1-5-28-31(4,27)7-10(26)19-6-9(19)12(13-14(19)30-18(2,3)29-13)25-8-22-11-15(20)23-17(21)24-16(11)25/h8-9,12-14H,5-7H2,1-4H3/t9-,12-,13+,14+,19+,31?/m1/s1. The van der Waals surface area contributed by atoms with E-state index >= 15 is 0 Å². The number of ether oxygens (including phenoxy) is 2. The first-order valence-electron chi connectivity index (χ1n) is 10.1. The van der Waals surface area contributed by atoms with E-state index in [0.29, 0.717) is 24.2 Å². The Morgan fingerprint density at radius 2 is 2.10 bits per heavy atom. The molecule has 3 heterocycles. The second-order valence-electron chi connectivity index (χ2n) is 8.98. The van der Waals surface area contributed by atoms with E-state index in [-0.39, 0.29) is 34.3 Å². The summed E-state index contributed by atoms with van der Waals surface area (Å²) >= 11 is 12.2. The van der Waals surface area contributed by atoms with Gasteiger partial charge in [0.15, 0.2) is 22.4 Å². The highest BCUT2D eigenvalue weighted by atomic mass is 35.5. The Bertz CT molecular complexity index is 1140. The molecule has 0 bridgehead atoms. The number of carbonyl (C=O) groups is 1. The third-order valence-electron chi connectivity index (χ3n) is 6.47. The first-order chi connectivity index (χ1) is 14.5. The summed E-state index contributed by atoms with van der Waals surface area (Å²) in [6, 6.07) is -0.258. The van der Waals surface area contributed by atoms with Gasteiger partial charge in [-0.05, 0) is 44.7 Å². The van der Waals surface area contributed by atoms with E-state index in [1.807, 2.05) is 18.4 Å². The van der Waals surface area contributed by atoms with Crippen molar-refractivity contribution < 1.29 is 23.4 Å². The Balaban J connectivity index is 1.56. The van der Waals surface area contributed by atoms with E-state index in [4.69, 9.17) is 37.2 Å². The minimum absolute atomic E-state index is 0.0134. The SMILES string of the molecule is CCOP(C)(=O)CC(=O)[C@]12C[C@@H]1[C@@H](n1cnc3c(Cl)nc(Cl)nc31)[C@@H]1OC(C)(C)O[C@@H]12. The second kappa shape index (κ2) is 6.95. The maximum atomic E-state index is 13.5. The first kappa shape index (κ1) is 21.7. The number of fused-ring (bicyclic) bond motifs is 4. The summed E-state index contributed by atoms with van der Waals surface area (Å²) in [6.45, 7) is 7.21. The highest BCUT2D eigenvalue weighted by molar-refractivity contribution is 7.59. The van der Waals surface area contributed by atoms with Gasteiger partial charge < -0.3 is 18.6 Å². The average molecular weight is 489 g/mol. The lowest BCUT2D eigenvalue weighted by Crippen LogP contribution is -2.37. The van der Waals surface area contributed by atoms with Gasteiger partial charge in [0.2, 0.25) is 12.7 Å². The van der Waals surface area contributed by atoms with Crippen molar-refractivity contribution in [2.24, 2.45) is 11.3 Å². The molecular formula is C19H23Cl2N4O5P. The number of halogens is 2. The molecule has 9 nitrogen and oxygen atoms in total. The molecule has 2 aromatic rings. The molecule has 1 saturated heterocycles. The summed E-state index contributed by atoms with van der Waals surface area (Å²) in [7, 11) is -3.04. The molecule has 0 N–H and O–H groups in total. The van der Waals surface area contributed by atoms with Crippen molar-refractivity contribution in [1.29, 1.82) is 0 Å². The molecule has 0 amide bonds. The number of carbonyl (C=O) groups excluding carboxylic acids is 1. The van der Waals surface area contributed by atoms with Gasteiger partial charge in [0, 0.05) is 6.66 Å². The molecule has 2 aromatic heterocycles. The maximum absolute atomic E-state index is 13.5. The molecule has 2 saturated carbocycles. The normalized spacial score (nSPS) is 35.0. The summed E-state index contributed by atoms with van der Waals surface area (Å²) in [5.74, 6) is -1.03. The number of hydrogen-bond donors (Lipinski definition) is 0. The van der Waals surface area contributed by atoms with Crippen molar-refractivity contribution >= 4 is 47.5 Å². The quantitative estimate of drug-likeness (QED) is 0.344. The number of nitrogens with zero attached hydrogens (tertiary/aromatic N) is 4. The van der Waals surface area contributed by atoms with Crippen molar-refractivity contribution in [1.82, 2.24) is 19.5 Å². The molecule has 3 aliphatic rings. The highest BCUT2D eigenvalue weighted by Gasteiger charge is 2.79. The van der Waals surface area contributed by atoms with Gasteiger partial charge in [-0.1, -0.05) is 11.6 Å². The van der Waals surface area contributed by atoms with Crippen LogP contribution in [0.25, 0.3) is 11.2 Å². The van der Waals surface area contributed by atoms with E-state index < -0.39 is 30.8 Å². The van der Waals surface area contributed by atoms with Crippen molar-refractivity contribution in [3.8, 4) is 0 Å². The van der Waals surface area contributed by atoms with E-state index in [1.54, 1.807) is 13.3 Å². The number of imidazole rings is 1. The van der Waals surface area contributed by atoms with Gasteiger partial charge in [-0.2, -0.15) is 4.98 Å². The van der Waals surface area contributed by atoms with Gasteiger partial charge in [-0.3, -0.25) is 9.36 Å². The summed E-state index contributed by atoms with van der Waals surface area (Å²) in [4.78, 5) is 26.1. The van der Waals surface area contributed by atoms with Crippen LogP contribution in [0.15, 0.2) is 6.33 Å². The van der Waals surface area contributed by atoms with Crippen LogP contribution in [0.5, 0.6) is 0 Å². The molecule has 0 spiro atoms. The van der Waals surface area contributed by atoms with Crippen LogP contribution in [-0.4, -0.2) is 62.7 Å². The fourth-order valence-electron chi connectivity index (χ4n) is 5.36. The lowest BCUT2D eigenvalue weighted by Gasteiger charge is -2.24. The zero-order valence-electron chi connectivity index (χ0n) is 17.5. The molecule has 6 atom stereocenters. The third-order valence-corrected chi connectivity index (χ3v) is 8.57. The highest BCUT2D eigenvalue weighted by Crippen LogP contribution is 2.72. The van der Waals surface area contributed by atoms with Gasteiger partial charge in [0.25, 0.3) is 0 Å². The predicted octanol–water partition coefficient (Wildman–Crippen LogP) is 3.73. The van der Waals surface area contributed by atoms with Crippen LogP contribution in [0, 0.1) is 11.3 Å². The van der Waals surface area contributed by atoms with E-state index in [1.165, 1.54) is 6.66 Å². The number of aromatic nitrogens is 4. The van der Waals surface area contributed by atoms with Crippen molar-refractivity contribution in [2.45, 2.75) is 51.2 Å². The Morgan fingerprint density at radius 3 is 2.81 bits per heavy atom. The minimum Gasteiger partial charge on any atom is -0.343 e. The monoisotopic (exact) mass is 488 g/mol. The van der Waals surface area contributed by atoms with E-state index in [2.05, 4.69) is 15.0 Å². The number of hydrogen-bond acceptors (Lipinski definition) is 8. The molecule has 12 heteroatoms.